The van der Waals surface area contributed by atoms with Gasteiger partial charge in [-0.1, -0.05) is 12.1 Å². The van der Waals surface area contributed by atoms with Gasteiger partial charge in [-0.15, -0.1) is 0 Å². The van der Waals surface area contributed by atoms with E-state index in [0.29, 0.717) is 49.7 Å². The summed E-state index contributed by atoms with van der Waals surface area (Å²) >= 11 is 0. The van der Waals surface area contributed by atoms with E-state index in [1.807, 2.05) is 37.2 Å². The van der Waals surface area contributed by atoms with Gasteiger partial charge in [0.15, 0.2) is 0 Å². The zero-order valence-electron chi connectivity index (χ0n) is 27.5. The Hall–Kier alpha value is -4.39. The van der Waals surface area contributed by atoms with Crippen LogP contribution in [0.5, 0.6) is 5.75 Å². The van der Waals surface area contributed by atoms with E-state index in [0.717, 1.165) is 36.0 Å². The van der Waals surface area contributed by atoms with Crippen LogP contribution in [-0.2, 0) is 34.0 Å². The van der Waals surface area contributed by atoms with Crippen LogP contribution in [0.1, 0.15) is 49.1 Å². The number of aromatic nitrogens is 2. The van der Waals surface area contributed by atoms with Crippen molar-refractivity contribution < 1.29 is 27.5 Å². The molecule has 1 saturated heterocycles. The fourth-order valence-electron chi connectivity index (χ4n) is 6.22. The first-order chi connectivity index (χ1) is 22.3. The number of carbonyl (C=O) groups is 2. The first-order valence-corrected chi connectivity index (χ1v) is 15.8. The predicted octanol–water partition coefficient (Wildman–Crippen LogP) is 5.25. The van der Waals surface area contributed by atoms with Crippen LogP contribution in [0.15, 0.2) is 42.6 Å². The molecule has 3 aromatic rings. The van der Waals surface area contributed by atoms with E-state index in [-0.39, 0.29) is 36.3 Å². The third-order valence-electron chi connectivity index (χ3n) is 8.82. The quantitative estimate of drug-likeness (QED) is 0.289. The number of anilines is 4. The Morgan fingerprint density at radius 2 is 1.85 bits per heavy atom. The summed E-state index contributed by atoms with van der Waals surface area (Å²) in [5, 5.41) is 5.90. The topological polar surface area (TPSA) is 103 Å². The lowest BCUT2D eigenvalue weighted by molar-refractivity contribution is -0.138. The second kappa shape index (κ2) is 13.8. The Bertz CT molecular complexity index is 1620. The number of aryl methyl sites for hydroxylation is 2. The van der Waals surface area contributed by atoms with Crippen molar-refractivity contribution in [3.05, 3.63) is 65.0 Å². The Kier molecular flexibility index (Phi) is 9.94. The largest absolute Gasteiger partial charge is 0.494 e. The summed E-state index contributed by atoms with van der Waals surface area (Å²) in [4.78, 5) is 39.6. The van der Waals surface area contributed by atoms with Crippen molar-refractivity contribution in [2.24, 2.45) is 0 Å². The number of hydrogen-bond acceptors (Lipinski definition) is 8. The van der Waals surface area contributed by atoms with E-state index in [4.69, 9.17) is 4.74 Å². The van der Waals surface area contributed by atoms with Gasteiger partial charge in [-0.3, -0.25) is 9.59 Å². The van der Waals surface area contributed by atoms with E-state index >= 15 is 0 Å². The molecule has 13 heteroatoms. The van der Waals surface area contributed by atoms with E-state index < -0.39 is 17.2 Å². The van der Waals surface area contributed by atoms with Gasteiger partial charge in [0.05, 0.1) is 29.5 Å². The summed E-state index contributed by atoms with van der Waals surface area (Å²) < 4.78 is 47.7. The summed E-state index contributed by atoms with van der Waals surface area (Å²) in [5.74, 6) is 0.515. The van der Waals surface area contributed by atoms with E-state index in [1.165, 1.54) is 7.11 Å². The highest BCUT2D eigenvalue weighted by atomic mass is 19.4. The maximum atomic E-state index is 14.0. The molecule has 2 N–H and O–H groups in total. The maximum absolute atomic E-state index is 14.0. The van der Waals surface area contributed by atoms with Crippen molar-refractivity contribution in [1.29, 1.82) is 0 Å². The normalized spacial score (nSPS) is 15.9. The lowest BCUT2D eigenvalue weighted by Crippen LogP contribution is -2.48. The molecular formula is C34H42F3N7O3. The van der Waals surface area contributed by atoms with Gasteiger partial charge in [0, 0.05) is 56.2 Å². The number of carbonyl (C=O) groups excluding carboxylic acids is 2. The summed E-state index contributed by atoms with van der Waals surface area (Å²) in [7, 11) is 5.51. The van der Waals surface area contributed by atoms with E-state index in [2.05, 4.69) is 30.4 Å². The lowest BCUT2D eigenvalue weighted by atomic mass is 9.82. The summed E-state index contributed by atoms with van der Waals surface area (Å²) in [6, 6.07) is 11.0. The molecule has 0 bridgehead atoms. The number of hydrogen-bond donors (Lipinski definition) is 2. The number of benzene rings is 2. The molecule has 1 fully saturated rings. The minimum Gasteiger partial charge on any atom is -0.494 e. The fraction of sp³-hybridized carbons (Fsp3) is 0.471. The van der Waals surface area contributed by atoms with Gasteiger partial charge in [0.2, 0.25) is 17.8 Å². The third-order valence-corrected chi connectivity index (χ3v) is 8.82. The van der Waals surface area contributed by atoms with Gasteiger partial charge in [-0.2, -0.15) is 13.2 Å². The van der Waals surface area contributed by atoms with Crippen molar-refractivity contribution in [3.63, 3.8) is 0 Å². The summed E-state index contributed by atoms with van der Waals surface area (Å²) in [5.41, 5.74) is 1.84. The van der Waals surface area contributed by atoms with Crippen LogP contribution >= 0.6 is 0 Å². The van der Waals surface area contributed by atoms with Gasteiger partial charge >= 0.3 is 6.18 Å². The van der Waals surface area contributed by atoms with Crippen LogP contribution < -0.4 is 20.3 Å². The molecule has 2 amide bonds. The highest BCUT2D eigenvalue weighted by Crippen LogP contribution is 2.40. The number of halogens is 3. The molecule has 2 aliphatic heterocycles. The molecule has 47 heavy (non-hydrogen) atoms. The molecule has 1 aromatic heterocycles. The number of piperazine rings is 1. The smallest absolute Gasteiger partial charge is 0.419 e. The van der Waals surface area contributed by atoms with E-state index in [9.17, 15) is 22.8 Å². The number of amides is 2. The molecular weight excluding hydrogens is 611 g/mol. The second-order valence-corrected chi connectivity index (χ2v) is 12.8. The van der Waals surface area contributed by atoms with Gasteiger partial charge in [-0.25, -0.2) is 9.97 Å². The van der Waals surface area contributed by atoms with Crippen LogP contribution in [0.2, 0.25) is 0 Å². The van der Waals surface area contributed by atoms with E-state index in [1.54, 1.807) is 32.0 Å². The minimum atomic E-state index is -4.64. The van der Waals surface area contributed by atoms with Crippen LogP contribution in [0.3, 0.4) is 0 Å². The number of nitrogens with zero attached hydrogens (tertiary/aromatic N) is 5. The highest BCUT2D eigenvalue weighted by Gasteiger charge is 2.40. The van der Waals surface area contributed by atoms with Crippen LogP contribution in [0, 0.1) is 0 Å². The Labute approximate surface area is 273 Å². The van der Waals surface area contributed by atoms with Crippen molar-refractivity contribution in [2.45, 2.75) is 51.1 Å². The number of alkyl halides is 3. The second-order valence-electron chi connectivity index (χ2n) is 12.8. The molecule has 2 aromatic carbocycles. The molecule has 5 rings (SSSR count). The lowest BCUT2D eigenvalue weighted by Gasteiger charge is -2.36. The average Bonchev–Trinajstić information content (AvgIpc) is 3.27. The Morgan fingerprint density at radius 1 is 1.11 bits per heavy atom. The SMILES string of the molecule is COc1cc(N2CCN(C(=O)CCCN(C)C)CC2)ccc1Nc1ncc(C(F)(F)F)c(CCc2cccc3c2C(C)(C)C(=O)N3)n1. The van der Waals surface area contributed by atoms with Crippen LogP contribution in [0.4, 0.5) is 36.2 Å². The molecule has 3 heterocycles. The number of fused-ring (bicyclic) bond motifs is 1. The predicted molar refractivity (Wildman–Crippen MR) is 175 cm³/mol. The van der Waals surface area contributed by atoms with Crippen molar-refractivity contribution >= 4 is 34.8 Å². The summed E-state index contributed by atoms with van der Waals surface area (Å²) in [6.07, 6.45) is -2.22. The van der Waals surface area contributed by atoms with Gasteiger partial charge < -0.3 is 30.1 Å². The fourth-order valence-corrected chi connectivity index (χ4v) is 6.22. The van der Waals surface area contributed by atoms with Crippen molar-refractivity contribution in [2.75, 3.05) is 69.5 Å². The molecule has 0 unspecified atom stereocenters. The molecule has 0 radical (unpaired) electrons. The number of ether oxygens (including phenoxy) is 1. The molecule has 10 nitrogen and oxygen atoms in total. The van der Waals surface area contributed by atoms with Crippen LogP contribution in [-0.4, -0.2) is 85.5 Å². The number of rotatable bonds is 11. The van der Waals surface area contributed by atoms with Gasteiger partial charge in [-0.05, 0) is 83.1 Å². The monoisotopic (exact) mass is 653 g/mol. The molecule has 0 atom stereocenters. The summed E-state index contributed by atoms with van der Waals surface area (Å²) in [6.45, 7) is 7.08. The Balaban J connectivity index is 1.29. The molecule has 0 spiro atoms. The Morgan fingerprint density at radius 3 is 2.53 bits per heavy atom. The van der Waals surface area contributed by atoms with Crippen molar-refractivity contribution in [1.82, 2.24) is 19.8 Å². The average molecular weight is 654 g/mol. The standard InChI is InChI=1S/C34H42F3N7O3/c1-33(2)30-22(8-6-9-27(30)39-31(33)46)11-13-25-24(34(35,36)37)21-38-32(40-25)41-26-14-12-23(20-28(26)47-5)43-16-18-44(19-17-43)29(45)10-7-15-42(3)4/h6,8-9,12,14,20-21H,7,10-11,13,15-19H2,1-5H3,(H,39,46)(H,38,40,41). The molecule has 2 aliphatic rings. The molecule has 252 valence electrons. The van der Waals surface area contributed by atoms with Crippen molar-refractivity contribution in [3.8, 4) is 5.75 Å². The minimum absolute atomic E-state index is 0.00697. The zero-order chi connectivity index (χ0) is 33.9. The third kappa shape index (κ3) is 7.61. The zero-order valence-corrected chi connectivity index (χ0v) is 27.5. The first kappa shape index (κ1) is 34.0. The first-order valence-electron chi connectivity index (χ1n) is 15.8. The van der Waals surface area contributed by atoms with Gasteiger partial charge in [0.1, 0.15) is 5.75 Å². The molecule has 0 aliphatic carbocycles. The highest BCUT2D eigenvalue weighted by molar-refractivity contribution is 6.06. The van der Waals surface area contributed by atoms with Gasteiger partial charge in [0.25, 0.3) is 0 Å². The maximum Gasteiger partial charge on any atom is 0.419 e. The number of nitrogens with one attached hydrogen (secondary N) is 2. The number of methoxy groups -OCH3 is 1. The van der Waals surface area contributed by atoms with Crippen LogP contribution in [0.25, 0.3) is 0 Å². The molecule has 0 saturated carbocycles.